The second-order valence-corrected chi connectivity index (χ2v) is 7.90. The van der Waals surface area contributed by atoms with E-state index >= 15 is 0 Å². The van der Waals surface area contributed by atoms with Gasteiger partial charge >= 0.3 is 0 Å². The fourth-order valence-corrected chi connectivity index (χ4v) is 4.31. The van der Waals surface area contributed by atoms with Gasteiger partial charge in [0.25, 0.3) is 0 Å². The van der Waals surface area contributed by atoms with E-state index < -0.39 is 0 Å². The number of piperidine rings is 1. The molecule has 0 spiro atoms. The number of benzene rings is 1. The monoisotopic (exact) mass is 375 g/mol. The van der Waals surface area contributed by atoms with E-state index in [1.54, 1.807) is 12.1 Å². The lowest BCUT2D eigenvalue weighted by molar-refractivity contribution is -0.130. The molecule has 140 valence electrons. The van der Waals surface area contributed by atoms with Crippen LogP contribution in [0.3, 0.4) is 0 Å². The number of carbonyl (C=O) groups is 1. The van der Waals surface area contributed by atoms with E-state index in [1.165, 1.54) is 30.3 Å². The third-order valence-corrected chi connectivity index (χ3v) is 5.72. The Morgan fingerprint density at radius 2 is 2.12 bits per heavy atom. The molecule has 0 radical (unpaired) electrons. The van der Waals surface area contributed by atoms with Gasteiger partial charge in [-0.1, -0.05) is 25.6 Å². The van der Waals surface area contributed by atoms with Gasteiger partial charge in [-0.05, 0) is 55.0 Å². The number of amides is 1. The molecular weight excluding hydrogens is 349 g/mol. The lowest BCUT2D eigenvalue weighted by Gasteiger charge is -2.30. The summed E-state index contributed by atoms with van der Waals surface area (Å²) in [5.74, 6) is 0.947. The first-order chi connectivity index (χ1) is 12.6. The summed E-state index contributed by atoms with van der Waals surface area (Å²) in [5.41, 5.74) is 1.91. The summed E-state index contributed by atoms with van der Waals surface area (Å²) in [6, 6.07) is 6.47. The second-order valence-electron chi connectivity index (χ2n) is 6.96. The number of aromatic nitrogens is 2. The van der Waals surface area contributed by atoms with E-state index in [9.17, 15) is 9.18 Å². The predicted molar refractivity (Wildman–Crippen MR) is 104 cm³/mol. The summed E-state index contributed by atoms with van der Waals surface area (Å²) in [6.07, 6.45) is 5.09. The van der Waals surface area contributed by atoms with Crippen LogP contribution >= 0.6 is 11.8 Å². The second kappa shape index (κ2) is 8.71. The van der Waals surface area contributed by atoms with Crippen LogP contribution in [0, 0.1) is 11.7 Å². The Bertz CT molecular complexity index is 744. The van der Waals surface area contributed by atoms with Crippen molar-refractivity contribution in [3.63, 3.8) is 0 Å². The fraction of sp³-hybridized carbons (Fsp3) is 0.500. The lowest BCUT2D eigenvalue weighted by atomic mass is 10.0. The van der Waals surface area contributed by atoms with E-state index in [-0.39, 0.29) is 11.7 Å². The van der Waals surface area contributed by atoms with E-state index in [0.29, 0.717) is 11.7 Å². The normalized spacial score (nSPS) is 17.5. The highest BCUT2D eigenvalue weighted by Crippen LogP contribution is 2.27. The molecule has 1 amide bonds. The number of halogens is 1. The minimum absolute atomic E-state index is 0.191. The van der Waals surface area contributed by atoms with Crippen molar-refractivity contribution in [2.24, 2.45) is 5.92 Å². The van der Waals surface area contributed by atoms with Gasteiger partial charge in [0.05, 0.1) is 17.6 Å². The highest BCUT2D eigenvalue weighted by molar-refractivity contribution is 7.99. The summed E-state index contributed by atoms with van der Waals surface area (Å²) in [7, 11) is 0. The summed E-state index contributed by atoms with van der Waals surface area (Å²) in [4.78, 5) is 19.0. The predicted octanol–water partition coefficient (Wildman–Crippen LogP) is 4.45. The van der Waals surface area contributed by atoms with Crippen LogP contribution in [-0.2, 0) is 11.3 Å². The van der Waals surface area contributed by atoms with Gasteiger partial charge in [-0.3, -0.25) is 4.79 Å². The summed E-state index contributed by atoms with van der Waals surface area (Å²) in [6.45, 7) is 6.88. The van der Waals surface area contributed by atoms with Crippen LogP contribution in [0.5, 0.6) is 0 Å². The number of thioether (sulfide) groups is 1. The van der Waals surface area contributed by atoms with Gasteiger partial charge in [0, 0.05) is 19.6 Å². The number of hydrogen-bond acceptors (Lipinski definition) is 3. The van der Waals surface area contributed by atoms with E-state index in [4.69, 9.17) is 0 Å². The lowest BCUT2D eigenvalue weighted by Crippen LogP contribution is -2.40. The largest absolute Gasteiger partial charge is 0.342 e. The third-order valence-electron chi connectivity index (χ3n) is 4.74. The van der Waals surface area contributed by atoms with Crippen molar-refractivity contribution in [3.8, 4) is 11.3 Å². The fourth-order valence-electron chi connectivity index (χ4n) is 3.40. The van der Waals surface area contributed by atoms with Crippen LogP contribution < -0.4 is 0 Å². The van der Waals surface area contributed by atoms with Crippen molar-refractivity contribution < 1.29 is 9.18 Å². The summed E-state index contributed by atoms with van der Waals surface area (Å²) < 4.78 is 15.3. The topological polar surface area (TPSA) is 38.1 Å². The molecule has 0 aliphatic carbocycles. The molecule has 26 heavy (non-hydrogen) atoms. The van der Waals surface area contributed by atoms with Crippen molar-refractivity contribution in [1.29, 1.82) is 0 Å². The maximum absolute atomic E-state index is 13.2. The van der Waals surface area contributed by atoms with Gasteiger partial charge < -0.3 is 9.47 Å². The molecule has 1 atom stereocenters. The molecule has 0 bridgehead atoms. The minimum atomic E-state index is -0.244. The molecule has 6 heteroatoms. The van der Waals surface area contributed by atoms with Crippen LogP contribution in [0.1, 0.15) is 33.1 Å². The van der Waals surface area contributed by atoms with E-state index in [1.807, 2.05) is 11.1 Å². The molecule has 1 aliphatic rings. The smallest absolute Gasteiger partial charge is 0.233 e. The number of hydrogen-bond donors (Lipinski definition) is 0. The first kappa shape index (κ1) is 19.0. The van der Waals surface area contributed by atoms with Crippen molar-refractivity contribution in [2.75, 3.05) is 18.8 Å². The van der Waals surface area contributed by atoms with Crippen LogP contribution in [0.15, 0.2) is 35.6 Å². The van der Waals surface area contributed by atoms with Crippen LogP contribution in [0.25, 0.3) is 11.3 Å². The molecule has 1 aromatic carbocycles. The molecule has 0 saturated carbocycles. The number of nitrogens with zero attached hydrogens (tertiary/aromatic N) is 3. The quantitative estimate of drug-likeness (QED) is 0.700. The van der Waals surface area contributed by atoms with Crippen molar-refractivity contribution in [3.05, 3.63) is 36.3 Å². The Balaban J connectivity index is 1.71. The van der Waals surface area contributed by atoms with Gasteiger partial charge in [0.15, 0.2) is 5.16 Å². The van der Waals surface area contributed by atoms with Gasteiger partial charge in [0.2, 0.25) is 5.91 Å². The maximum Gasteiger partial charge on any atom is 0.233 e. The van der Waals surface area contributed by atoms with Gasteiger partial charge in [0.1, 0.15) is 5.82 Å². The van der Waals surface area contributed by atoms with Crippen LogP contribution in [0.2, 0.25) is 0 Å². The van der Waals surface area contributed by atoms with Gasteiger partial charge in [-0.2, -0.15) is 0 Å². The SMILES string of the molecule is CCCn1c(-c2ccc(F)cc2)cnc1SCC(=O)N1CCC[C@H](C)C1. The Hall–Kier alpha value is -1.82. The van der Waals surface area contributed by atoms with Crippen LogP contribution in [-0.4, -0.2) is 39.2 Å². The molecule has 1 fully saturated rings. The highest BCUT2D eigenvalue weighted by Gasteiger charge is 2.22. The Labute approximate surface area is 158 Å². The molecule has 1 aromatic heterocycles. The molecule has 0 unspecified atom stereocenters. The third kappa shape index (κ3) is 4.47. The number of imidazole rings is 1. The average molecular weight is 376 g/mol. The molecule has 4 nitrogen and oxygen atoms in total. The molecule has 1 aliphatic heterocycles. The van der Waals surface area contributed by atoms with Crippen molar-refractivity contribution >= 4 is 17.7 Å². The zero-order valence-electron chi connectivity index (χ0n) is 15.4. The number of likely N-dealkylation sites (tertiary alicyclic amines) is 1. The molecule has 2 heterocycles. The zero-order valence-corrected chi connectivity index (χ0v) is 16.3. The minimum Gasteiger partial charge on any atom is -0.342 e. The van der Waals surface area contributed by atoms with Crippen molar-refractivity contribution in [1.82, 2.24) is 14.5 Å². The molecule has 2 aromatic rings. The van der Waals surface area contributed by atoms with Crippen molar-refractivity contribution in [2.45, 2.75) is 44.8 Å². The average Bonchev–Trinajstić information content (AvgIpc) is 3.03. The number of rotatable bonds is 6. The maximum atomic E-state index is 13.2. The first-order valence-corrected chi connectivity index (χ1v) is 10.3. The zero-order chi connectivity index (χ0) is 18.5. The summed E-state index contributed by atoms with van der Waals surface area (Å²) in [5, 5.41) is 0.851. The molecule has 3 rings (SSSR count). The van der Waals surface area contributed by atoms with Gasteiger partial charge in [-0.25, -0.2) is 9.37 Å². The first-order valence-electron chi connectivity index (χ1n) is 9.30. The number of carbonyl (C=O) groups excluding carboxylic acids is 1. The standard InChI is InChI=1S/C20H26FN3OS/c1-3-10-24-18(16-6-8-17(21)9-7-16)12-22-20(24)26-14-19(25)23-11-4-5-15(2)13-23/h6-9,12,15H,3-5,10-11,13-14H2,1-2H3/t15-/m0/s1. The van der Waals surface area contributed by atoms with E-state index in [2.05, 4.69) is 23.4 Å². The Morgan fingerprint density at radius 1 is 1.35 bits per heavy atom. The highest BCUT2D eigenvalue weighted by atomic mass is 32.2. The molecule has 1 saturated heterocycles. The Kier molecular flexibility index (Phi) is 6.35. The van der Waals surface area contributed by atoms with E-state index in [0.717, 1.165) is 48.9 Å². The van der Waals surface area contributed by atoms with Crippen LogP contribution in [0.4, 0.5) is 4.39 Å². The van der Waals surface area contributed by atoms with Gasteiger partial charge in [-0.15, -0.1) is 0 Å². The summed E-state index contributed by atoms with van der Waals surface area (Å²) >= 11 is 1.50. The Morgan fingerprint density at radius 3 is 2.81 bits per heavy atom. The molecular formula is C20H26FN3OS. The molecule has 0 N–H and O–H groups in total.